The van der Waals surface area contributed by atoms with Gasteiger partial charge in [0.25, 0.3) is 0 Å². The van der Waals surface area contributed by atoms with Gasteiger partial charge in [-0.2, -0.15) is 5.10 Å². The summed E-state index contributed by atoms with van der Waals surface area (Å²) in [5.41, 5.74) is 5.51. The second-order valence-electron chi connectivity index (χ2n) is 5.41. The van der Waals surface area contributed by atoms with Gasteiger partial charge in [-0.1, -0.05) is 0 Å². The number of fused-ring (bicyclic) bond motifs is 1. The highest BCUT2D eigenvalue weighted by molar-refractivity contribution is 5.87. The lowest BCUT2D eigenvalue weighted by Gasteiger charge is -2.23. The van der Waals surface area contributed by atoms with E-state index in [1.54, 1.807) is 13.2 Å². The quantitative estimate of drug-likeness (QED) is 0.909. The second-order valence-corrected chi connectivity index (χ2v) is 5.41. The van der Waals surface area contributed by atoms with E-state index in [4.69, 9.17) is 9.84 Å². The van der Waals surface area contributed by atoms with Gasteiger partial charge in [0.1, 0.15) is 11.4 Å². The smallest absolute Gasteiger partial charge is 0.353 e. The summed E-state index contributed by atoms with van der Waals surface area (Å²) in [6, 6.07) is 3.60. The lowest BCUT2D eigenvalue weighted by molar-refractivity contribution is 0.0690. The van der Waals surface area contributed by atoms with Crippen LogP contribution in [-0.2, 0) is 12.8 Å². The van der Waals surface area contributed by atoms with Crippen molar-refractivity contribution in [1.82, 2.24) is 10.2 Å². The third-order valence-electron chi connectivity index (χ3n) is 4.12. The van der Waals surface area contributed by atoms with Crippen LogP contribution in [0.3, 0.4) is 0 Å². The standard InChI is InChI=1S/C16H18N2O3/c1-9-7-14(21-2)15(11-6-4-3-5-10(9)11)12-8-13(16(19)20)18-17-12/h7-8H,3-6H2,1-2H3,(H,17,18)(H,19,20). The Morgan fingerprint density at radius 1 is 1.29 bits per heavy atom. The predicted octanol–water partition coefficient (Wildman–Crippen LogP) is 2.97. The largest absolute Gasteiger partial charge is 0.496 e. The number of nitrogens with one attached hydrogen (secondary N) is 1. The Kier molecular flexibility index (Phi) is 3.41. The van der Waals surface area contributed by atoms with E-state index in [9.17, 15) is 4.79 Å². The summed E-state index contributed by atoms with van der Waals surface area (Å²) >= 11 is 0. The van der Waals surface area contributed by atoms with Crippen molar-refractivity contribution in [3.63, 3.8) is 0 Å². The first kappa shape index (κ1) is 13.7. The number of methoxy groups -OCH3 is 1. The lowest BCUT2D eigenvalue weighted by atomic mass is 9.84. The number of carboxylic acid groups (broad SMARTS) is 1. The minimum absolute atomic E-state index is 0.0946. The first-order chi connectivity index (χ1) is 10.1. The number of H-pyrrole nitrogens is 1. The van der Waals surface area contributed by atoms with Crippen molar-refractivity contribution in [3.8, 4) is 17.0 Å². The van der Waals surface area contributed by atoms with Crippen molar-refractivity contribution < 1.29 is 14.6 Å². The number of ether oxygens (including phenoxy) is 1. The summed E-state index contributed by atoms with van der Waals surface area (Å²) in [6.07, 6.45) is 4.38. The fraction of sp³-hybridized carbons (Fsp3) is 0.375. The molecule has 1 aliphatic carbocycles. The number of aromatic amines is 1. The number of hydrogen-bond donors (Lipinski definition) is 2. The minimum atomic E-state index is -1.01. The summed E-state index contributed by atoms with van der Waals surface area (Å²) in [7, 11) is 1.64. The lowest BCUT2D eigenvalue weighted by Crippen LogP contribution is -2.08. The highest BCUT2D eigenvalue weighted by atomic mass is 16.5. The molecule has 0 amide bonds. The Bertz CT molecular complexity index is 704. The van der Waals surface area contributed by atoms with E-state index in [0.717, 1.165) is 30.6 Å². The maximum absolute atomic E-state index is 11.0. The summed E-state index contributed by atoms with van der Waals surface area (Å²) in [4.78, 5) is 11.0. The highest BCUT2D eigenvalue weighted by Gasteiger charge is 2.23. The maximum Gasteiger partial charge on any atom is 0.353 e. The van der Waals surface area contributed by atoms with Gasteiger partial charge in [-0.25, -0.2) is 4.79 Å². The Morgan fingerprint density at radius 2 is 2.00 bits per heavy atom. The van der Waals surface area contributed by atoms with E-state index in [2.05, 4.69) is 17.1 Å². The van der Waals surface area contributed by atoms with Crippen LogP contribution in [0.2, 0.25) is 0 Å². The number of aromatic nitrogens is 2. The maximum atomic E-state index is 11.0. The third kappa shape index (κ3) is 2.28. The average Bonchev–Trinajstić information content (AvgIpc) is 2.96. The molecule has 21 heavy (non-hydrogen) atoms. The molecule has 110 valence electrons. The summed E-state index contributed by atoms with van der Waals surface area (Å²) in [6.45, 7) is 2.10. The van der Waals surface area contributed by atoms with E-state index >= 15 is 0 Å². The van der Waals surface area contributed by atoms with E-state index in [-0.39, 0.29) is 5.69 Å². The molecule has 3 rings (SSSR count). The van der Waals surface area contributed by atoms with Gasteiger partial charge in [0.15, 0.2) is 0 Å². The second kappa shape index (κ2) is 5.24. The van der Waals surface area contributed by atoms with E-state index < -0.39 is 5.97 Å². The van der Waals surface area contributed by atoms with Crippen LogP contribution in [0.15, 0.2) is 12.1 Å². The zero-order valence-electron chi connectivity index (χ0n) is 12.2. The van der Waals surface area contributed by atoms with Crippen molar-refractivity contribution in [2.24, 2.45) is 0 Å². The normalized spacial score (nSPS) is 13.8. The van der Waals surface area contributed by atoms with Crippen molar-refractivity contribution in [2.75, 3.05) is 7.11 Å². The number of aromatic carboxylic acids is 1. The molecule has 1 aromatic carbocycles. The fourth-order valence-electron chi connectivity index (χ4n) is 3.12. The molecule has 0 radical (unpaired) electrons. The molecule has 1 aliphatic rings. The monoisotopic (exact) mass is 286 g/mol. The molecule has 2 aromatic rings. The van der Waals surface area contributed by atoms with Crippen LogP contribution in [0.5, 0.6) is 5.75 Å². The number of aryl methyl sites for hydroxylation is 1. The number of carboxylic acids is 1. The molecule has 0 saturated carbocycles. The van der Waals surface area contributed by atoms with Gasteiger partial charge in [0.05, 0.1) is 12.8 Å². The van der Waals surface area contributed by atoms with Gasteiger partial charge >= 0.3 is 5.97 Å². The van der Waals surface area contributed by atoms with Gasteiger partial charge in [-0.3, -0.25) is 5.10 Å². The van der Waals surface area contributed by atoms with Crippen LogP contribution >= 0.6 is 0 Å². The van der Waals surface area contributed by atoms with Gasteiger partial charge in [-0.05, 0) is 61.4 Å². The minimum Gasteiger partial charge on any atom is -0.496 e. The zero-order valence-corrected chi connectivity index (χ0v) is 12.2. The number of carbonyl (C=O) groups is 1. The molecule has 1 heterocycles. The number of rotatable bonds is 3. The Hall–Kier alpha value is -2.30. The van der Waals surface area contributed by atoms with Crippen molar-refractivity contribution >= 4 is 5.97 Å². The van der Waals surface area contributed by atoms with Gasteiger partial charge in [-0.15, -0.1) is 0 Å². The van der Waals surface area contributed by atoms with Gasteiger partial charge in [0, 0.05) is 5.56 Å². The third-order valence-corrected chi connectivity index (χ3v) is 4.12. The number of benzene rings is 1. The van der Waals surface area contributed by atoms with E-state index in [1.165, 1.54) is 23.1 Å². The molecule has 5 heteroatoms. The molecular formula is C16H18N2O3. The molecule has 0 bridgehead atoms. The molecule has 0 fully saturated rings. The van der Waals surface area contributed by atoms with E-state index in [0.29, 0.717) is 5.69 Å². The first-order valence-electron chi connectivity index (χ1n) is 7.10. The summed E-state index contributed by atoms with van der Waals surface area (Å²) in [5.74, 6) is -0.245. The summed E-state index contributed by atoms with van der Waals surface area (Å²) < 4.78 is 5.52. The molecular weight excluding hydrogens is 268 g/mol. The molecule has 0 saturated heterocycles. The molecule has 0 atom stereocenters. The molecule has 5 nitrogen and oxygen atoms in total. The van der Waals surface area contributed by atoms with Crippen LogP contribution in [0, 0.1) is 6.92 Å². The average molecular weight is 286 g/mol. The Balaban J connectivity index is 2.21. The fourth-order valence-corrected chi connectivity index (χ4v) is 3.12. The number of hydrogen-bond acceptors (Lipinski definition) is 3. The molecule has 1 aromatic heterocycles. The Labute approximate surface area is 123 Å². The van der Waals surface area contributed by atoms with Crippen LogP contribution in [0.4, 0.5) is 0 Å². The molecule has 0 spiro atoms. The van der Waals surface area contributed by atoms with Crippen LogP contribution in [-0.4, -0.2) is 28.4 Å². The zero-order chi connectivity index (χ0) is 15.0. The van der Waals surface area contributed by atoms with Crippen LogP contribution in [0.1, 0.15) is 40.0 Å². The SMILES string of the molecule is COc1cc(C)c2c(c1-c1cc(C(=O)O)[nH]n1)CCCC2. The number of nitrogens with zero attached hydrogens (tertiary/aromatic N) is 1. The molecule has 0 unspecified atom stereocenters. The first-order valence-corrected chi connectivity index (χ1v) is 7.10. The van der Waals surface area contributed by atoms with Crippen LogP contribution in [0.25, 0.3) is 11.3 Å². The highest BCUT2D eigenvalue weighted by Crippen LogP contribution is 2.39. The summed E-state index contributed by atoms with van der Waals surface area (Å²) in [5, 5.41) is 15.8. The topological polar surface area (TPSA) is 75.2 Å². The van der Waals surface area contributed by atoms with Gasteiger partial charge in [0.2, 0.25) is 0 Å². The van der Waals surface area contributed by atoms with Crippen molar-refractivity contribution in [3.05, 3.63) is 34.5 Å². The van der Waals surface area contributed by atoms with Crippen LogP contribution < -0.4 is 4.74 Å². The van der Waals surface area contributed by atoms with E-state index in [1.807, 2.05) is 6.07 Å². The van der Waals surface area contributed by atoms with Crippen molar-refractivity contribution in [1.29, 1.82) is 0 Å². The Morgan fingerprint density at radius 3 is 2.62 bits per heavy atom. The van der Waals surface area contributed by atoms with Gasteiger partial charge < -0.3 is 9.84 Å². The van der Waals surface area contributed by atoms with Crippen molar-refractivity contribution in [2.45, 2.75) is 32.6 Å². The molecule has 0 aliphatic heterocycles. The molecule has 2 N–H and O–H groups in total. The predicted molar refractivity (Wildman–Crippen MR) is 78.9 cm³/mol.